The van der Waals surface area contributed by atoms with Crippen LogP contribution in [0.5, 0.6) is 0 Å². The molecule has 0 aromatic heterocycles. The molecule has 0 heterocycles. The largest absolute Gasteiger partial charge is 0.445 e. The number of Topliss-reactive ketones (excluding diaryl/α,β-unsaturated/α-hetero) is 1. The van der Waals surface area contributed by atoms with Crippen molar-refractivity contribution in [3.8, 4) is 0 Å². The minimum Gasteiger partial charge on any atom is -0.445 e. The molecule has 0 aliphatic heterocycles. The lowest BCUT2D eigenvalue weighted by Gasteiger charge is -2.31. The maximum absolute atomic E-state index is 13.1. The van der Waals surface area contributed by atoms with Gasteiger partial charge in [0, 0.05) is 5.92 Å². The number of carbonyl (C=O) groups is 2. The Labute approximate surface area is 131 Å². The molecule has 22 heavy (non-hydrogen) atoms. The lowest BCUT2D eigenvalue weighted by atomic mass is 9.81. The maximum atomic E-state index is 13.1. The number of carbonyl (C=O) groups excluding carboxylic acids is 2. The number of hydrogen-bond acceptors (Lipinski definition) is 3. The summed E-state index contributed by atoms with van der Waals surface area (Å²) in [7, 11) is 0. The van der Waals surface area contributed by atoms with Crippen LogP contribution in [0.3, 0.4) is 0 Å². The highest BCUT2D eigenvalue weighted by Gasteiger charge is 2.34. The van der Waals surface area contributed by atoms with Crippen LogP contribution in [-0.4, -0.2) is 17.9 Å². The van der Waals surface area contributed by atoms with Crippen molar-refractivity contribution in [2.24, 2.45) is 11.3 Å². The Hall–Kier alpha value is -1.91. The minimum atomic E-state index is -0.682. The number of rotatable bonds is 5. The van der Waals surface area contributed by atoms with Crippen LogP contribution in [-0.2, 0) is 16.1 Å². The Morgan fingerprint density at radius 1 is 1.27 bits per heavy atom. The van der Waals surface area contributed by atoms with E-state index in [0.717, 1.165) is 0 Å². The van der Waals surface area contributed by atoms with E-state index in [9.17, 15) is 14.0 Å². The van der Waals surface area contributed by atoms with Crippen molar-refractivity contribution in [1.82, 2.24) is 5.32 Å². The van der Waals surface area contributed by atoms with Gasteiger partial charge < -0.3 is 10.1 Å². The molecule has 0 aliphatic carbocycles. The molecule has 0 saturated carbocycles. The molecule has 1 atom stereocenters. The lowest BCUT2D eigenvalue weighted by Crippen LogP contribution is -2.50. The van der Waals surface area contributed by atoms with Gasteiger partial charge in [0.1, 0.15) is 12.4 Å². The molecule has 5 heteroatoms. The van der Waals surface area contributed by atoms with E-state index < -0.39 is 17.6 Å². The topological polar surface area (TPSA) is 55.4 Å². The van der Waals surface area contributed by atoms with Gasteiger partial charge in [-0.15, -0.1) is 0 Å². The predicted molar refractivity (Wildman–Crippen MR) is 82.8 cm³/mol. The molecule has 0 spiro atoms. The van der Waals surface area contributed by atoms with Crippen LogP contribution in [0.1, 0.15) is 40.2 Å². The van der Waals surface area contributed by atoms with E-state index in [1.54, 1.807) is 26.0 Å². The maximum Gasteiger partial charge on any atom is 0.408 e. The smallest absolute Gasteiger partial charge is 0.408 e. The molecule has 1 aromatic rings. The van der Waals surface area contributed by atoms with E-state index >= 15 is 0 Å². The van der Waals surface area contributed by atoms with E-state index in [2.05, 4.69) is 5.32 Å². The average molecular weight is 309 g/mol. The van der Waals surface area contributed by atoms with Crippen molar-refractivity contribution in [1.29, 1.82) is 0 Å². The van der Waals surface area contributed by atoms with E-state index in [0.29, 0.717) is 5.56 Å². The van der Waals surface area contributed by atoms with Crippen molar-refractivity contribution >= 4 is 11.9 Å². The van der Waals surface area contributed by atoms with Gasteiger partial charge in [0.15, 0.2) is 5.78 Å². The zero-order chi connectivity index (χ0) is 16.9. The van der Waals surface area contributed by atoms with Crippen molar-refractivity contribution in [2.75, 3.05) is 0 Å². The number of hydrogen-bond donors (Lipinski definition) is 1. The highest BCUT2D eigenvalue weighted by Crippen LogP contribution is 2.22. The van der Waals surface area contributed by atoms with Crippen molar-refractivity contribution in [3.05, 3.63) is 35.6 Å². The molecule has 0 bridgehead atoms. The highest BCUT2D eigenvalue weighted by atomic mass is 19.1. The van der Waals surface area contributed by atoms with Crippen molar-refractivity contribution < 1.29 is 18.7 Å². The number of amides is 1. The highest BCUT2D eigenvalue weighted by molar-refractivity contribution is 5.89. The van der Waals surface area contributed by atoms with Gasteiger partial charge in [-0.25, -0.2) is 9.18 Å². The molecular weight excluding hydrogens is 285 g/mol. The summed E-state index contributed by atoms with van der Waals surface area (Å²) in [6.45, 7) is 9.18. The van der Waals surface area contributed by atoms with Crippen LogP contribution in [0.4, 0.5) is 9.18 Å². The fourth-order valence-electron chi connectivity index (χ4n) is 1.98. The summed E-state index contributed by atoms with van der Waals surface area (Å²) in [6, 6.07) is 5.20. The fourth-order valence-corrected chi connectivity index (χ4v) is 1.98. The summed E-state index contributed by atoms with van der Waals surface area (Å²) in [5.41, 5.74) is 0.136. The van der Waals surface area contributed by atoms with Crippen molar-refractivity contribution in [3.63, 3.8) is 0 Å². The fraction of sp³-hybridized carbons (Fsp3) is 0.529. The first-order valence-electron chi connectivity index (χ1n) is 7.32. The molecule has 0 radical (unpaired) electrons. The lowest BCUT2D eigenvalue weighted by molar-refractivity contribution is -0.126. The molecule has 1 rings (SSSR count). The normalized spacial score (nSPS) is 12.9. The second kappa shape index (κ2) is 7.38. The van der Waals surface area contributed by atoms with Gasteiger partial charge >= 0.3 is 6.09 Å². The number of ketones is 1. The Balaban J connectivity index is 2.66. The number of alkyl carbamates (subject to hydrolysis) is 1. The third kappa shape index (κ3) is 5.47. The molecule has 122 valence electrons. The summed E-state index contributed by atoms with van der Waals surface area (Å²) < 4.78 is 18.1. The monoisotopic (exact) mass is 309 g/mol. The molecule has 4 nitrogen and oxygen atoms in total. The zero-order valence-electron chi connectivity index (χ0n) is 13.8. The summed E-state index contributed by atoms with van der Waals surface area (Å²) in [4.78, 5) is 24.1. The predicted octanol–water partition coefficient (Wildman–Crippen LogP) is 3.69. The van der Waals surface area contributed by atoms with Gasteiger partial charge in [0.2, 0.25) is 0 Å². The summed E-state index contributed by atoms with van der Waals surface area (Å²) in [5.74, 6) is -0.619. The molecule has 0 saturated heterocycles. The Morgan fingerprint density at radius 3 is 2.41 bits per heavy atom. The third-order valence-corrected chi connectivity index (χ3v) is 3.24. The molecule has 0 aliphatic rings. The minimum absolute atomic E-state index is 0.0453. The number of ether oxygens (including phenoxy) is 1. The summed E-state index contributed by atoms with van der Waals surface area (Å²) in [6.07, 6.45) is -0.682. The SMILES string of the molecule is CC(C)C(=O)C(NC(=O)OCc1cccc(F)c1)C(C)(C)C. The van der Waals surface area contributed by atoms with Crippen LogP contribution in [0, 0.1) is 17.2 Å². The van der Waals surface area contributed by atoms with E-state index in [4.69, 9.17) is 4.74 Å². The number of benzene rings is 1. The first-order chi connectivity index (χ1) is 10.1. The van der Waals surface area contributed by atoms with Gasteiger partial charge in [0.05, 0.1) is 6.04 Å². The second-order valence-corrected chi connectivity index (χ2v) is 6.71. The third-order valence-electron chi connectivity index (χ3n) is 3.24. The van der Waals surface area contributed by atoms with Gasteiger partial charge in [-0.1, -0.05) is 46.8 Å². The first kappa shape index (κ1) is 18.1. The summed E-state index contributed by atoms with van der Waals surface area (Å²) >= 11 is 0. The van der Waals surface area contributed by atoms with Crippen LogP contribution in [0.25, 0.3) is 0 Å². The Kier molecular flexibility index (Phi) is 6.09. The molecule has 1 amide bonds. The molecule has 1 unspecified atom stereocenters. The molecule has 0 fully saturated rings. The summed E-state index contributed by atoms with van der Waals surface area (Å²) in [5, 5.41) is 2.62. The van der Waals surface area contributed by atoms with Gasteiger partial charge in [-0.05, 0) is 23.1 Å². The first-order valence-corrected chi connectivity index (χ1v) is 7.32. The quantitative estimate of drug-likeness (QED) is 0.902. The molecule has 1 N–H and O–H groups in total. The Bertz CT molecular complexity index is 535. The number of nitrogens with one attached hydrogen (secondary N) is 1. The second-order valence-electron chi connectivity index (χ2n) is 6.71. The van der Waals surface area contributed by atoms with E-state index in [1.165, 1.54) is 12.1 Å². The van der Waals surface area contributed by atoms with Crippen LogP contribution < -0.4 is 5.32 Å². The van der Waals surface area contributed by atoms with Gasteiger partial charge in [0.25, 0.3) is 0 Å². The Morgan fingerprint density at radius 2 is 1.91 bits per heavy atom. The van der Waals surface area contributed by atoms with Crippen LogP contribution in [0.15, 0.2) is 24.3 Å². The van der Waals surface area contributed by atoms with Crippen molar-refractivity contribution in [2.45, 2.75) is 47.3 Å². The van der Waals surface area contributed by atoms with E-state index in [-0.39, 0.29) is 24.1 Å². The van der Waals surface area contributed by atoms with E-state index in [1.807, 2.05) is 20.8 Å². The zero-order valence-corrected chi connectivity index (χ0v) is 13.8. The molecule has 1 aromatic carbocycles. The van der Waals surface area contributed by atoms with Crippen LogP contribution in [0.2, 0.25) is 0 Å². The van der Waals surface area contributed by atoms with Crippen LogP contribution >= 0.6 is 0 Å². The molecular formula is C17H24FNO3. The average Bonchev–Trinajstić information content (AvgIpc) is 2.40. The number of halogens is 1. The van der Waals surface area contributed by atoms with Gasteiger partial charge in [-0.2, -0.15) is 0 Å². The standard InChI is InChI=1S/C17H24FNO3/c1-11(2)14(20)15(17(3,4)5)19-16(21)22-10-12-7-6-8-13(18)9-12/h6-9,11,15H,10H2,1-5H3,(H,19,21). The van der Waals surface area contributed by atoms with Gasteiger partial charge in [-0.3, -0.25) is 4.79 Å².